The fourth-order valence-electron chi connectivity index (χ4n) is 2.50. The van der Waals surface area contributed by atoms with Gasteiger partial charge in [-0.25, -0.2) is 9.78 Å². The molecule has 140 valence electrons. The summed E-state index contributed by atoms with van der Waals surface area (Å²) in [5, 5.41) is 2.75. The lowest BCUT2D eigenvalue weighted by molar-refractivity contribution is -0.116. The minimum atomic E-state index is -0.408. The molecule has 2 heterocycles. The van der Waals surface area contributed by atoms with Crippen LogP contribution < -0.4 is 10.9 Å². The minimum absolute atomic E-state index is 0.165. The van der Waals surface area contributed by atoms with E-state index < -0.39 is 5.97 Å². The number of ether oxygens (including phenoxy) is 1. The van der Waals surface area contributed by atoms with Gasteiger partial charge in [0.05, 0.1) is 18.5 Å². The van der Waals surface area contributed by atoms with Crippen LogP contribution in [0.4, 0.5) is 5.69 Å². The second kappa shape index (κ2) is 7.96. The van der Waals surface area contributed by atoms with E-state index in [2.05, 4.69) is 20.3 Å². The van der Waals surface area contributed by atoms with Crippen molar-refractivity contribution in [2.75, 3.05) is 11.9 Å². The van der Waals surface area contributed by atoms with Crippen molar-refractivity contribution in [1.29, 1.82) is 0 Å². The molecule has 3 N–H and O–H groups in total. The summed E-state index contributed by atoms with van der Waals surface area (Å²) in [5.41, 5.74) is 1.31. The van der Waals surface area contributed by atoms with Crippen LogP contribution in [0.5, 0.6) is 0 Å². The molecule has 27 heavy (non-hydrogen) atoms. The third-order valence-corrected chi connectivity index (χ3v) is 3.98. The number of carbonyl (C=O) groups excluding carboxylic acids is 2. The van der Waals surface area contributed by atoms with Crippen LogP contribution in [0.15, 0.2) is 35.4 Å². The Morgan fingerprint density at radius 3 is 2.70 bits per heavy atom. The van der Waals surface area contributed by atoms with Crippen molar-refractivity contribution in [2.24, 2.45) is 0 Å². The molecule has 0 atom stereocenters. The number of aromatic nitrogens is 4. The number of H-pyrrole nitrogens is 2. The van der Waals surface area contributed by atoms with Gasteiger partial charge in [-0.05, 0) is 43.4 Å². The van der Waals surface area contributed by atoms with Crippen molar-refractivity contribution in [3.63, 3.8) is 0 Å². The molecule has 3 aromatic rings. The van der Waals surface area contributed by atoms with Gasteiger partial charge in [-0.15, -0.1) is 0 Å². The first kappa shape index (κ1) is 18.5. The maximum atomic E-state index is 12.2. The number of aromatic amines is 2. The third-order valence-electron chi connectivity index (χ3n) is 3.77. The zero-order valence-electron chi connectivity index (χ0n) is 14.4. The number of hydrogen-bond donors (Lipinski definition) is 3. The number of esters is 1. The molecule has 0 saturated carbocycles. The number of carbonyl (C=O) groups is 2. The molecule has 3 rings (SSSR count). The summed E-state index contributed by atoms with van der Waals surface area (Å²) in [6, 6.07) is 6.44. The van der Waals surface area contributed by atoms with Crippen molar-refractivity contribution in [2.45, 2.75) is 19.9 Å². The van der Waals surface area contributed by atoms with E-state index in [9.17, 15) is 14.4 Å². The standard InChI is InChI=1S/C17H17N5O4S/c1-2-26-16(25)10-3-5-11(6-4-10)19-12(23)7-8-22-9-18-13-14(22)20-17(27)21-15(13)24/h3-6,9H,2,7-8H2,1H3,(H,19,23)(H2,20,21,24,27). The number of imidazole rings is 1. The number of rotatable bonds is 6. The number of aryl methyl sites for hydroxylation is 1. The van der Waals surface area contributed by atoms with Crippen LogP contribution in [0, 0.1) is 4.77 Å². The Labute approximate surface area is 158 Å². The van der Waals surface area contributed by atoms with Crippen LogP contribution >= 0.6 is 12.2 Å². The quantitative estimate of drug-likeness (QED) is 0.439. The predicted molar refractivity (Wildman–Crippen MR) is 101 cm³/mol. The van der Waals surface area contributed by atoms with Crippen LogP contribution in [0.25, 0.3) is 11.2 Å². The van der Waals surface area contributed by atoms with Gasteiger partial charge in [0, 0.05) is 18.7 Å². The molecular formula is C17H17N5O4S. The molecule has 0 aliphatic heterocycles. The number of hydrogen-bond acceptors (Lipinski definition) is 6. The first-order valence-electron chi connectivity index (χ1n) is 8.22. The summed E-state index contributed by atoms with van der Waals surface area (Å²) >= 11 is 4.96. The first-order valence-corrected chi connectivity index (χ1v) is 8.63. The highest BCUT2D eigenvalue weighted by Crippen LogP contribution is 2.12. The first-order chi connectivity index (χ1) is 13.0. The van der Waals surface area contributed by atoms with Gasteiger partial charge in [0.1, 0.15) is 5.65 Å². The van der Waals surface area contributed by atoms with Gasteiger partial charge in [0.25, 0.3) is 5.56 Å². The highest BCUT2D eigenvalue weighted by molar-refractivity contribution is 7.71. The second-order valence-corrected chi connectivity index (χ2v) is 6.05. The normalized spacial score (nSPS) is 10.7. The van der Waals surface area contributed by atoms with Crippen LogP contribution in [0.2, 0.25) is 0 Å². The SMILES string of the molecule is CCOC(=O)c1ccc(NC(=O)CCn2cnc3c(=O)[nH]c(=S)[nH]c32)cc1. The summed E-state index contributed by atoms with van der Waals surface area (Å²) < 4.78 is 6.76. The van der Waals surface area contributed by atoms with Gasteiger partial charge in [0.15, 0.2) is 10.3 Å². The Balaban J connectivity index is 1.63. The van der Waals surface area contributed by atoms with E-state index in [0.717, 1.165) is 0 Å². The molecule has 1 aromatic carbocycles. The molecule has 0 radical (unpaired) electrons. The summed E-state index contributed by atoms with van der Waals surface area (Å²) in [6.45, 7) is 2.35. The Hall–Kier alpha value is -3.27. The highest BCUT2D eigenvalue weighted by atomic mass is 32.1. The maximum absolute atomic E-state index is 12.2. The van der Waals surface area contributed by atoms with Gasteiger partial charge in [0.2, 0.25) is 5.91 Å². The van der Waals surface area contributed by atoms with Crippen LogP contribution in [0.3, 0.4) is 0 Å². The van der Waals surface area contributed by atoms with Gasteiger partial charge in [-0.3, -0.25) is 14.6 Å². The summed E-state index contributed by atoms with van der Waals surface area (Å²) in [7, 11) is 0. The molecule has 0 aliphatic carbocycles. The number of nitrogens with one attached hydrogen (secondary N) is 3. The van der Waals surface area contributed by atoms with E-state index in [0.29, 0.717) is 30.0 Å². The minimum Gasteiger partial charge on any atom is -0.462 e. The molecule has 0 fully saturated rings. The lowest BCUT2D eigenvalue weighted by atomic mass is 10.2. The molecule has 0 spiro atoms. The molecule has 1 amide bonds. The Kier molecular flexibility index (Phi) is 5.46. The lowest BCUT2D eigenvalue weighted by Gasteiger charge is -2.07. The molecule has 0 bridgehead atoms. The van der Waals surface area contributed by atoms with E-state index in [1.807, 2.05) is 0 Å². The topological polar surface area (TPSA) is 122 Å². The smallest absolute Gasteiger partial charge is 0.338 e. The summed E-state index contributed by atoms with van der Waals surface area (Å²) in [6.07, 6.45) is 1.64. The average molecular weight is 387 g/mol. The Morgan fingerprint density at radius 1 is 1.26 bits per heavy atom. The number of anilines is 1. The lowest BCUT2D eigenvalue weighted by Crippen LogP contribution is -2.15. The van der Waals surface area contributed by atoms with E-state index in [-0.39, 0.29) is 28.2 Å². The zero-order valence-corrected chi connectivity index (χ0v) is 15.3. The van der Waals surface area contributed by atoms with Gasteiger partial charge < -0.3 is 19.6 Å². The predicted octanol–water partition coefficient (Wildman–Crippen LogP) is 1.99. The van der Waals surface area contributed by atoms with E-state index >= 15 is 0 Å². The van der Waals surface area contributed by atoms with Crippen LogP contribution in [-0.4, -0.2) is 38.0 Å². The van der Waals surface area contributed by atoms with Crippen molar-refractivity contribution in [3.8, 4) is 0 Å². The fourth-order valence-corrected chi connectivity index (χ4v) is 2.69. The largest absolute Gasteiger partial charge is 0.462 e. The Bertz CT molecular complexity index is 1100. The van der Waals surface area contributed by atoms with Gasteiger partial charge in [-0.2, -0.15) is 0 Å². The van der Waals surface area contributed by atoms with Crippen molar-refractivity contribution >= 4 is 40.9 Å². The number of fused-ring (bicyclic) bond motifs is 1. The summed E-state index contributed by atoms with van der Waals surface area (Å²) in [5.74, 6) is -0.626. The van der Waals surface area contributed by atoms with E-state index in [1.165, 1.54) is 6.33 Å². The molecule has 0 aliphatic rings. The monoisotopic (exact) mass is 387 g/mol. The molecular weight excluding hydrogens is 370 g/mol. The third kappa shape index (κ3) is 4.29. The highest BCUT2D eigenvalue weighted by Gasteiger charge is 2.10. The fraction of sp³-hybridized carbons (Fsp3) is 0.235. The maximum Gasteiger partial charge on any atom is 0.338 e. The van der Waals surface area contributed by atoms with Crippen LogP contribution in [-0.2, 0) is 16.1 Å². The van der Waals surface area contributed by atoms with Crippen molar-refractivity contribution < 1.29 is 14.3 Å². The van der Waals surface area contributed by atoms with Crippen LogP contribution in [0.1, 0.15) is 23.7 Å². The summed E-state index contributed by atoms with van der Waals surface area (Å²) in [4.78, 5) is 44.9. The van der Waals surface area contributed by atoms with Gasteiger partial charge >= 0.3 is 5.97 Å². The molecule has 9 nitrogen and oxygen atoms in total. The number of benzene rings is 1. The van der Waals surface area contributed by atoms with Gasteiger partial charge in [-0.1, -0.05) is 0 Å². The number of amides is 1. The Morgan fingerprint density at radius 2 is 2.00 bits per heavy atom. The molecule has 10 heteroatoms. The van der Waals surface area contributed by atoms with Crippen molar-refractivity contribution in [1.82, 2.24) is 19.5 Å². The van der Waals surface area contributed by atoms with Crippen molar-refractivity contribution in [3.05, 3.63) is 51.3 Å². The zero-order chi connectivity index (χ0) is 19.4. The van der Waals surface area contributed by atoms with E-state index in [4.69, 9.17) is 17.0 Å². The molecule has 0 unspecified atom stereocenters. The number of nitrogens with zero attached hydrogens (tertiary/aromatic N) is 2. The van der Waals surface area contributed by atoms with E-state index in [1.54, 1.807) is 35.8 Å². The molecule has 0 saturated heterocycles. The second-order valence-electron chi connectivity index (χ2n) is 5.64. The molecule has 2 aromatic heterocycles. The average Bonchev–Trinajstić information content (AvgIpc) is 3.04.